The fraction of sp³-hybridized carbons (Fsp3) is 0.350. The zero-order valence-electron chi connectivity index (χ0n) is 15.7. The van der Waals surface area contributed by atoms with Gasteiger partial charge in [0.15, 0.2) is 5.69 Å². The number of benzene rings is 1. The summed E-state index contributed by atoms with van der Waals surface area (Å²) < 4.78 is 7.09. The Labute approximate surface area is 168 Å². The van der Waals surface area contributed by atoms with Crippen molar-refractivity contribution in [3.63, 3.8) is 0 Å². The summed E-state index contributed by atoms with van der Waals surface area (Å²) in [6.45, 7) is 4.42. The van der Waals surface area contributed by atoms with Gasteiger partial charge in [0.1, 0.15) is 0 Å². The van der Waals surface area contributed by atoms with Crippen LogP contribution in [-0.4, -0.2) is 51.9 Å². The summed E-state index contributed by atoms with van der Waals surface area (Å²) in [5.74, 6) is -0.205. The predicted octanol–water partition coefficient (Wildman–Crippen LogP) is 2.38. The lowest BCUT2D eigenvalue weighted by atomic mass is 10.2. The van der Waals surface area contributed by atoms with E-state index in [2.05, 4.69) is 20.3 Å². The number of aromatic nitrogens is 3. The van der Waals surface area contributed by atoms with Gasteiger partial charge in [-0.05, 0) is 23.8 Å². The van der Waals surface area contributed by atoms with E-state index in [1.165, 1.54) is 0 Å². The molecule has 1 N–H and O–H groups in total. The Morgan fingerprint density at radius 1 is 1.25 bits per heavy atom. The highest BCUT2D eigenvalue weighted by Gasteiger charge is 2.18. The van der Waals surface area contributed by atoms with E-state index in [4.69, 9.17) is 16.3 Å². The van der Waals surface area contributed by atoms with Crippen molar-refractivity contribution in [2.24, 2.45) is 7.05 Å². The molecule has 146 valence electrons. The van der Waals surface area contributed by atoms with Crippen LogP contribution in [0, 0.1) is 0 Å². The van der Waals surface area contributed by atoms with Crippen molar-refractivity contribution in [2.45, 2.75) is 13.1 Å². The lowest BCUT2D eigenvalue weighted by Gasteiger charge is -2.26. The van der Waals surface area contributed by atoms with Crippen LogP contribution in [0.3, 0.4) is 0 Å². The Bertz CT molecular complexity index is 980. The molecule has 8 heteroatoms. The van der Waals surface area contributed by atoms with Gasteiger partial charge >= 0.3 is 0 Å². The molecule has 1 saturated heterocycles. The molecule has 1 aliphatic rings. The molecule has 3 aromatic rings. The lowest BCUT2D eigenvalue weighted by Crippen LogP contribution is -2.35. The predicted molar refractivity (Wildman–Crippen MR) is 107 cm³/mol. The first-order valence-electron chi connectivity index (χ1n) is 9.24. The van der Waals surface area contributed by atoms with Crippen LogP contribution in [0.4, 0.5) is 0 Å². The minimum atomic E-state index is -0.205. The first-order chi connectivity index (χ1) is 13.6. The highest BCUT2D eigenvalue weighted by molar-refractivity contribution is 6.30. The molecule has 2 aromatic heterocycles. The summed E-state index contributed by atoms with van der Waals surface area (Å²) in [6, 6.07) is 9.37. The molecule has 0 bridgehead atoms. The quantitative estimate of drug-likeness (QED) is 0.713. The van der Waals surface area contributed by atoms with Gasteiger partial charge in [0.05, 0.1) is 30.6 Å². The smallest absolute Gasteiger partial charge is 0.272 e. The number of aryl methyl sites for hydroxylation is 1. The zero-order chi connectivity index (χ0) is 19.5. The second kappa shape index (κ2) is 8.26. The minimum absolute atomic E-state index is 0.205. The second-order valence-corrected chi connectivity index (χ2v) is 7.30. The van der Waals surface area contributed by atoms with Gasteiger partial charge in [-0.25, -0.2) is 0 Å². The number of hydrogen-bond acceptors (Lipinski definition) is 5. The highest BCUT2D eigenvalue weighted by atomic mass is 35.5. The molecule has 1 aromatic carbocycles. The standard InChI is InChI=1S/C20H22ClN5O2/c1-25-18-12-22-16(13-26-6-8-28-9-7-26)10-17(18)19(24-25)20(27)23-11-14-2-4-15(21)5-3-14/h2-5,10,12H,6-9,11,13H2,1H3,(H,23,27). The molecular weight excluding hydrogens is 378 g/mol. The number of carbonyl (C=O) groups excluding carboxylic acids is 1. The molecule has 28 heavy (non-hydrogen) atoms. The van der Waals surface area contributed by atoms with Gasteiger partial charge in [-0.15, -0.1) is 0 Å². The number of rotatable bonds is 5. The molecule has 7 nitrogen and oxygen atoms in total. The molecular formula is C20H22ClN5O2. The van der Waals surface area contributed by atoms with E-state index in [1.54, 1.807) is 10.9 Å². The maximum atomic E-state index is 12.8. The normalized spacial score (nSPS) is 15.1. The number of hydrogen-bond donors (Lipinski definition) is 1. The Morgan fingerprint density at radius 2 is 2.00 bits per heavy atom. The first-order valence-corrected chi connectivity index (χ1v) is 9.62. The number of amides is 1. The molecule has 0 atom stereocenters. The molecule has 0 saturated carbocycles. The topological polar surface area (TPSA) is 72.3 Å². The Hall–Kier alpha value is -2.48. The Balaban J connectivity index is 1.52. The van der Waals surface area contributed by atoms with E-state index < -0.39 is 0 Å². The van der Waals surface area contributed by atoms with E-state index in [0.29, 0.717) is 17.3 Å². The van der Waals surface area contributed by atoms with Crippen molar-refractivity contribution in [3.05, 3.63) is 58.5 Å². The van der Waals surface area contributed by atoms with Crippen LogP contribution < -0.4 is 5.32 Å². The van der Waals surface area contributed by atoms with Crippen LogP contribution in [0.25, 0.3) is 10.9 Å². The maximum absolute atomic E-state index is 12.8. The molecule has 4 rings (SSSR count). The fourth-order valence-electron chi connectivity index (χ4n) is 3.31. The minimum Gasteiger partial charge on any atom is -0.379 e. The Morgan fingerprint density at radius 3 is 2.75 bits per heavy atom. The van der Waals surface area contributed by atoms with Crippen molar-refractivity contribution in [1.82, 2.24) is 25.0 Å². The van der Waals surface area contributed by atoms with E-state index in [1.807, 2.05) is 37.4 Å². The molecule has 3 heterocycles. The highest BCUT2D eigenvalue weighted by Crippen LogP contribution is 2.19. The Kier molecular flexibility index (Phi) is 5.57. The first kappa shape index (κ1) is 18.9. The third kappa shape index (κ3) is 4.16. The van der Waals surface area contributed by atoms with E-state index in [0.717, 1.165) is 55.0 Å². The zero-order valence-corrected chi connectivity index (χ0v) is 16.4. The summed E-state index contributed by atoms with van der Waals surface area (Å²) in [4.78, 5) is 19.6. The number of fused-ring (bicyclic) bond motifs is 1. The van der Waals surface area contributed by atoms with E-state index in [9.17, 15) is 4.79 Å². The van der Waals surface area contributed by atoms with Gasteiger partial charge in [-0.2, -0.15) is 5.10 Å². The largest absolute Gasteiger partial charge is 0.379 e. The van der Waals surface area contributed by atoms with Gasteiger partial charge in [-0.1, -0.05) is 23.7 Å². The van der Waals surface area contributed by atoms with Gasteiger partial charge in [0.25, 0.3) is 5.91 Å². The fourth-order valence-corrected chi connectivity index (χ4v) is 3.43. The molecule has 1 amide bonds. The van der Waals surface area contributed by atoms with Crippen molar-refractivity contribution < 1.29 is 9.53 Å². The molecule has 1 aliphatic heterocycles. The van der Waals surface area contributed by atoms with Crippen molar-refractivity contribution in [2.75, 3.05) is 26.3 Å². The number of halogens is 1. The van der Waals surface area contributed by atoms with Gasteiger partial charge in [-0.3, -0.25) is 19.4 Å². The van der Waals surface area contributed by atoms with Crippen LogP contribution in [0.15, 0.2) is 36.5 Å². The van der Waals surface area contributed by atoms with Crippen molar-refractivity contribution >= 4 is 28.4 Å². The molecule has 0 radical (unpaired) electrons. The summed E-state index contributed by atoms with van der Waals surface area (Å²) in [6.07, 6.45) is 1.79. The van der Waals surface area contributed by atoms with Gasteiger partial charge in [0, 0.05) is 43.6 Å². The van der Waals surface area contributed by atoms with Gasteiger partial charge < -0.3 is 10.1 Å². The molecule has 0 unspecified atom stereocenters. The van der Waals surface area contributed by atoms with Crippen LogP contribution in [0.5, 0.6) is 0 Å². The number of nitrogens with zero attached hydrogens (tertiary/aromatic N) is 4. The second-order valence-electron chi connectivity index (χ2n) is 6.86. The molecule has 0 aliphatic carbocycles. The van der Waals surface area contributed by atoms with E-state index in [-0.39, 0.29) is 5.91 Å². The van der Waals surface area contributed by atoms with Crippen molar-refractivity contribution in [3.8, 4) is 0 Å². The van der Waals surface area contributed by atoms with Crippen LogP contribution in [0.2, 0.25) is 5.02 Å². The molecule has 1 fully saturated rings. The van der Waals surface area contributed by atoms with Crippen LogP contribution in [0.1, 0.15) is 21.7 Å². The van der Waals surface area contributed by atoms with E-state index >= 15 is 0 Å². The lowest BCUT2D eigenvalue weighted by molar-refractivity contribution is 0.0337. The SMILES string of the molecule is Cn1nc(C(=O)NCc2ccc(Cl)cc2)c2cc(CN3CCOCC3)ncc21. The summed E-state index contributed by atoms with van der Waals surface area (Å²) in [5.41, 5.74) is 3.15. The summed E-state index contributed by atoms with van der Waals surface area (Å²) >= 11 is 5.91. The number of carbonyl (C=O) groups is 1. The average Bonchev–Trinajstić information content (AvgIpc) is 3.04. The maximum Gasteiger partial charge on any atom is 0.272 e. The third-order valence-corrected chi connectivity index (χ3v) is 5.12. The number of pyridine rings is 1. The van der Waals surface area contributed by atoms with Crippen molar-refractivity contribution in [1.29, 1.82) is 0 Å². The van der Waals surface area contributed by atoms with Crippen LogP contribution >= 0.6 is 11.6 Å². The summed E-state index contributed by atoms with van der Waals surface area (Å²) in [7, 11) is 1.82. The number of nitrogens with one attached hydrogen (secondary N) is 1. The van der Waals surface area contributed by atoms with Crippen LogP contribution in [-0.2, 0) is 24.9 Å². The average molecular weight is 400 g/mol. The monoisotopic (exact) mass is 399 g/mol. The third-order valence-electron chi connectivity index (χ3n) is 4.86. The van der Waals surface area contributed by atoms with Gasteiger partial charge in [0.2, 0.25) is 0 Å². The summed E-state index contributed by atoms with van der Waals surface area (Å²) in [5, 5.41) is 8.84. The number of morpholine rings is 1. The number of ether oxygens (including phenoxy) is 1. The molecule has 0 spiro atoms.